The van der Waals surface area contributed by atoms with Gasteiger partial charge in [-0.25, -0.2) is 4.79 Å². The summed E-state index contributed by atoms with van der Waals surface area (Å²) in [7, 11) is 0. The number of aryl methyl sites for hydroxylation is 1. The molecule has 2 aromatic carbocycles. The topological polar surface area (TPSA) is 69.4 Å². The molecule has 0 N–H and O–H groups in total. The summed E-state index contributed by atoms with van der Waals surface area (Å²) in [6, 6.07) is 13.6. The molecule has 2 aromatic rings. The van der Waals surface area contributed by atoms with E-state index in [0.29, 0.717) is 11.1 Å². The summed E-state index contributed by atoms with van der Waals surface area (Å²) >= 11 is 0. The average Bonchev–Trinajstić information content (AvgIpc) is 2.47. The van der Waals surface area contributed by atoms with E-state index in [1.165, 1.54) is 18.2 Å². The lowest BCUT2D eigenvalue weighted by Crippen LogP contribution is -2.09. The van der Waals surface area contributed by atoms with Gasteiger partial charge in [0, 0.05) is 11.6 Å². The molecule has 108 valence electrons. The number of esters is 1. The van der Waals surface area contributed by atoms with E-state index in [2.05, 4.69) is 0 Å². The quantitative estimate of drug-likeness (QED) is 0.486. The molecule has 0 fully saturated rings. The fraction of sp³-hybridized carbons (Fsp3) is 0.188. The van der Waals surface area contributed by atoms with E-state index >= 15 is 0 Å². The molecule has 2 rings (SSSR count). The van der Waals surface area contributed by atoms with E-state index in [-0.39, 0.29) is 11.8 Å². The van der Waals surface area contributed by atoms with Crippen LogP contribution in [0, 0.1) is 17.0 Å². The van der Waals surface area contributed by atoms with Crippen LogP contribution in [0.5, 0.6) is 0 Å². The molecule has 0 aliphatic carbocycles. The van der Waals surface area contributed by atoms with E-state index in [4.69, 9.17) is 4.74 Å². The number of carbonyl (C=O) groups is 1. The maximum atomic E-state index is 12.1. The second-order valence-electron chi connectivity index (χ2n) is 4.72. The third kappa shape index (κ3) is 3.45. The molecular weight excluding hydrogens is 270 g/mol. The van der Waals surface area contributed by atoms with Crippen molar-refractivity contribution in [2.75, 3.05) is 0 Å². The van der Waals surface area contributed by atoms with Crippen LogP contribution in [0.1, 0.15) is 34.5 Å². The second kappa shape index (κ2) is 6.17. The molecule has 0 amide bonds. The van der Waals surface area contributed by atoms with Crippen LogP contribution >= 0.6 is 0 Å². The highest BCUT2D eigenvalue weighted by molar-refractivity contribution is 5.90. The first-order chi connectivity index (χ1) is 9.99. The highest BCUT2D eigenvalue weighted by Crippen LogP contribution is 2.22. The molecule has 0 heterocycles. The fourth-order valence-corrected chi connectivity index (χ4v) is 2.01. The summed E-state index contributed by atoms with van der Waals surface area (Å²) in [6.07, 6.45) is -0.380. The molecule has 1 atom stereocenters. The number of carbonyl (C=O) groups excluding carboxylic acids is 1. The Hall–Kier alpha value is -2.69. The Morgan fingerprint density at radius 3 is 2.43 bits per heavy atom. The number of nitro groups is 1. The van der Waals surface area contributed by atoms with Crippen molar-refractivity contribution in [2.24, 2.45) is 0 Å². The van der Waals surface area contributed by atoms with Gasteiger partial charge in [-0.3, -0.25) is 10.1 Å². The zero-order valence-corrected chi connectivity index (χ0v) is 11.8. The minimum Gasteiger partial charge on any atom is -0.454 e. The Bertz CT molecular complexity index is 667. The first kappa shape index (κ1) is 14.7. The number of rotatable bonds is 4. The van der Waals surface area contributed by atoms with Crippen molar-refractivity contribution in [1.82, 2.24) is 0 Å². The van der Waals surface area contributed by atoms with Gasteiger partial charge < -0.3 is 4.74 Å². The summed E-state index contributed by atoms with van der Waals surface area (Å²) in [6.45, 7) is 3.38. The van der Waals surface area contributed by atoms with E-state index < -0.39 is 10.9 Å². The molecule has 0 bridgehead atoms. The van der Waals surface area contributed by atoms with E-state index in [1.807, 2.05) is 30.3 Å². The van der Waals surface area contributed by atoms with Crippen LogP contribution in [-0.2, 0) is 4.74 Å². The van der Waals surface area contributed by atoms with Gasteiger partial charge in [-0.2, -0.15) is 0 Å². The maximum absolute atomic E-state index is 12.1. The van der Waals surface area contributed by atoms with E-state index in [9.17, 15) is 14.9 Å². The van der Waals surface area contributed by atoms with Gasteiger partial charge in [0.05, 0.1) is 10.5 Å². The smallest absolute Gasteiger partial charge is 0.338 e. The highest BCUT2D eigenvalue weighted by atomic mass is 16.6. The first-order valence-corrected chi connectivity index (χ1v) is 6.50. The molecule has 0 aliphatic rings. The van der Waals surface area contributed by atoms with Crippen molar-refractivity contribution in [3.8, 4) is 0 Å². The zero-order valence-electron chi connectivity index (χ0n) is 11.8. The monoisotopic (exact) mass is 285 g/mol. The minimum absolute atomic E-state index is 0.0114. The summed E-state index contributed by atoms with van der Waals surface area (Å²) in [5.74, 6) is -0.496. The highest BCUT2D eigenvalue weighted by Gasteiger charge is 2.17. The maximum Gasteiger partial charge on any atom is 0.338 e. The van der Waals surface area contributed by atoms with Crippen LogP contribution in [0.3, 0.4) is 0 Å². The molecule has 5 nitrogen and oxygen atoms in total. The van der Waals surface area contributed by atoms with Crippen LogP contribution in [-0.4, -0.2) is 10.9 Å². The summed E-state index contributed by atoms with van der Waals surface area (Å²) in [5, 5.41) is 10.8. The minimum atomic E-state index is -0.496. The lowest BCUT2D eigenvalue weighted by atomic mass is 10.1. The molecule has 0 saturated heterocycles. The SMILES string of the molecule is Cc1cc(C(=O)O[C@@H](C)c2ccccc2)ccc1[N+](=O)[O-]. The average molecular weight is 285 g/mol. The Morgan fingerprint density at radius 1 is 1.19 bits per heavy atom. The van der Waals surface area contributed by atoms with Crippen molar-refractivity contribution in [3.63, 3.8) is 0 Å². The predicted molar refractivity (Wildman–Crippen MR) is 78.1 cm³/mol. The molecule has 5 heteroatoms. The Kier molecular flexibility index (Phi) is 4.33. The third-order valence-electron chi connectivity index (χ3n) is 3.18. The third-order valence-corrected chi connectivity index (χ3v) is 3.18. The van der Waals surface area contributed by atoms with Crippen molar-refractivity contribution in [1.29, 1.82) is 0 Å². The van der Waals surface area contributed by atoms with E-state index in [1.54, 1.807) is 13.8 Å². The number of ether oxygens (including phenoxy) is 1. The number of benzene rings is 2. The molecule has 0 saturated carbocycles. The zero-order chi connectivity index (χ0) is 15.4. The lowest BCUT2D eigenvalue weighted by Gasteiger charge is -2.13. The van der Waals surface area contributed by atoms with E-state index in [0.717, 1.165) is 5.56 Å². The Labute approximate surface area is 122 Å². The molecule has 0 radical (unpaired) electrons. The number of nitro benzene ring substituents is 1. The lowest BCUT2D eigenvalue weighted by molar-refractivity contribution is -0.385. The van der Waals surface area contributed by atoms with Gasteiger partial charge in [0.15, 0.2) is 0 Å². The van der Waals surface area contributed by atoms with Crippen molar-refractivity contribution in [3.05, 3.63) is 75.3 Å². The summed E-state index contributed by atoms with van der Waals surface area (Å²) < 4.78 is 5.37. The Morgan fingerprint density at radius 2 is 1.86 bits per heavy atom. The molecule has 21 heavy (non-hydrogen) atoms. The van der Waals surface area contributed by atoms with Crippen LogP contribution in [0.2, 0.25) is 0 Å². The molecular formula is C16H15NO4. The van der Waals surface area contributed by atoms with Crippen molar-refractivity contribution in [2.45, 2.75) is 20.0 Å². The van der Waals surface area contributed by atoms with Crippen LogP contribution in [0.15, 0.2) is 48.5 Å². The van der Waals surface area contributed by atoms with Crippen LogP contribution in [0.4, 0.5) is 5.69 Å². The molecule has 0 aliphatic heterocycles. The van der Waals surface area contributed by atoms with Crippen LogP contribution in [0.25, 0.3) is 0 Å². The fourth-order valence-electron chi connectivity index (χ4n) is 2.01. The van der Waals surface area contributed by atoms with Crippen molar-refractivity contribution < 1.29 is 14.5 Å². The van der Waals surface area contributed by atoms with Gasteiger partial charge in [-0.1, -0.05) is 30.3 Å². The summed E-state index contributed by atoms with van der Waals surface area (Å²) in [4.78, 5) is 22.3. The Balaban J connectivity index is 2.14. The number of hydrogen-bond acceptors (Lipinski definition) is 4. The molecule has 0 aromatic heterocycles. The normalized spacial score (nSPS) is 11.7. The standard InChI is InChI=1S/C16H15NO4/c1-11-10-14(8-9-15(11)17(19)20)16(18)21-12(2)13-6-4-3-5-7-13/h3-10,12H,1-2H3/t12-/m0/s1. The number of hydrogen-bond donors (Lipinski definition) is 0. The van der Waals surface area contributed by atoms with Gasteiger partial charge in [-0.05, 0) is 31.5 Å². The molecule has 0 spiro atoms. The van der Waals surface area contributed by atoms with Gasteiger partial charge in [0.1, 0.15) is 6.10 Å². The first-order valence-electron chi connectivity index (χ1n) is 6.50. The van der Waals surface area contributed by atoms with Crippen molar-refractivity contribution >= 4 is 11.7 Å². The van der Waals surface area contributed by atoms with Gasteiger partial charge in [0.2, 0.25) is 0 Å². The van der Waals surface area contributed by atoms with Gasteiger partial charge in [-0.15, -0.1) is 0 Å². The van der Waals surface area contributed by atoms with Crippen LogP contribution < -0.4 is 0 Å². The van der Waals surface area contributed by atoms with Gasteiger partial charge in [0.25, 0.3) is 5.69 Å². The van der Waals surface area contributed by atoms with Gasteiger partial charge >= 0.3 is 5.97 Å². The molecule has 0 unspecified atom stereocenters. The predicted octanol–water partition coefficient (Wildman–Crippen LogP) is 3.82. The number of nitrogens with zero attached hydrogens (tertiary/aromatic N) is 1. The summed E-state index contributed by atoms with van der Waals surface area (Å²) in [5.41, 5.74) is 1.62. The second-order valence-corrected chi connectivity index (χ2v) is 4.72. The largest absolute Gasteiger partial charge is 0.454 e.